The molecular formula is C20H16ClNO4. The van der Waals surface area contributed by atoms with E-state index in [4.69, 9.17) is 16.0 Å². The van der Waals surface area contributed by atoms with Crippen molar-refractivity contribution in [2.75, 3.05) is 13.2 Å². The lowest BCUT2D eigenvalue weighted by atomic mass is 9.98. The van der Waals surface area contributed by atoms with E-state index in [0.29, 0.717) is 27.1 Å². The molecule has 132 valence electrons. The summed E-state index contributed by atoms with van der Waals surface area (Å²) in [4.78, 5) is 27.5. The largest absolute Gasteiger partial charge is 0.450 e. The Bertz CT molecular complexity index is 1090. The monoisotopic (exact) mass is 369 g/mol. The maximum absolute atomic E-state index is 13.2. The highest BCUT2D eigenvalue weighted by molar-refractivity contribution is 6.30. The molecule has 1 amide bonds. The number of nitrogens with zero attached hydrogens (tertiary/aromatic N) is 1. The van der Waals surface area contributed by atoms with E-state index in [9.17, 15) is 14.7 Å². The summed E-state index contributed by atoms with van der Waals surface area (Å²) in [6, 6.07) is 11.7. The van der Waals surface area contributed by atoms with Crippen molar-refractivity contribution >= 4 is 28.5 Å². The van der Waals surface area contributed by atoms with Gasteiger partial charge >= 0.3 is 0 Å². The molecule has 0 bridgehead atoms. The van der Waals surface area contributed by atoms with Crippen LogP contribution in [0.25, 0.3) is 11.0 Å². The number of aliphatic hydroxyl groups excluding tert-OH is 1. The number of halogens is 1. The van der Waals surface area contributed by atoms with E-state index in [-0.39, 0.29) is 24.3 Å². The molecule has 0 radical (unpaired) electrons. The molecule has 1 aliphatic rings. The summed E-state index contributed by atoms with van der Waals surface area (Å²) in [5.74, 6) is -0.372. The number of carbonyl (C=O) groups is 1. The molecule has 1 aromatic heterocycles. The first-order chi connectivity index (χ1) is 12.5. The number of rotatable bonds is 3. The van der Waals surface area contributed by atoms with Gasteiger partial charge in [-0.25, -0.2) is 0 Å². The summed E-state index contributed by atoms with van der Waals surface area (Å²) in [7, 11) is 0. The van der Waals surface area contributed by atoms with Crippen molar-refractivity contribution in [3.05, 3.63) is 80.2 Å². The Hall–Kier alpha value is -2.63. The number of aryl methyl sites for hydroxylation is 1. The average Bonchev–Trinajstić information content (AvgIpc) is 2.89. The molecule has 4 rings (SSSR count). The van der Waals surface area contributed by atoms with Crippen LogP contribution in [0, 0.1) is 6.92 Å². The molecule has 1 atom stereocenters. The lowest BCUT2D eigenvalue weighted by Gasteiger charge is -2.24. The van der Waals surface area contributed by atoms with Crippen LogP contribution in [0.5, 0.6) is 0 Å². The Labute approximate surface area is 154 Å². The van der Waals surface area contributed by atoms with Crippen LogP contribution in [-0.4, -0.2) is 29.1 Å². The number of hydrogen-bond acceptors (Lipinski definition) is 4. The van der Waals surface area contributed by atoms with Gasteiger partial charge in [-0.2, -0.15) is 0 Å². The first kappa shape index (κ1) is 16.8. The van der Waals surface area contributed by atoms with E-state index in [2.05, 4.69) is 0 Å². The predicted octanol–water partition coefficient (Wildman–Crippen LogP) is 3.29. The van der Waals surface area contributed by atoms with E-state index < -0.39 is 11.9 Å². The quantitative estimate of drug-likeness (QED) is 0.769. The maximum Gasteiger partial charge on any atom is 0.290 e. The van der Waals surface area contributed by atoms with E-state index in [0.717, 1.165) is 5.56 Å². The van der Waals surface area contributed by atoms with Crippen LogP contribution < -0.4 is 5.43 Å². The Balaban J connectivity index is 2.03. The highest BCUT2D eigenvalue weighted by Crippen LogP contribution is 2.38. The second kappa shape index (κ2) is 6.27. The minimum Gasteiger partial charge on any atom is -0.450 e. The van der Waals surface area contributed by atoms with Crippen molar-refractivity contribution in [3.8, 4) is 0 Å². The predicted molar refractivity (Wildman–Crippen MR) is 98.6 cm³/mol. The summed E-state index contributed by atoms with van der Waals surface area (Å²) in [5.41, 5.74) is 2.08. The Morgan fingerprint density at radius 3 is 2.73 bits per heavy atom. The average molecular weight is 370 g/mol. The highest BCUT2D eigenvalue weighted by Gasteiger charge is 2.42. The zero-order chi connectivity index (χ0) is 18.4. The van der Waals surface area contributed by atoms with Gasteiger partial charge in [0.25, 0.3) is 5.91 Å². The van der Waals surface area contributed by atoms with Gasteiger partial charge in [0.15, 0.2) is 5.43 Å². The fraction of sp³-hybridized carbons (Fsp3) is 0.200. The Kier molecular flexibility index (Phi) is 4.05. The minimum absolute atomic E-state index is 0.0322. The lowest BCUT2D eigenvalue weighted by Crippen LogP contribution is -2.32. The molecule has 0 spiro atoms. The second-order valence-corrected chi connectivity index (χ2v) is 6.79. The fourth-order valence-electron chi connectivity index (χ4n) is 3.50. The SMILES string of the molecule is Cc1ccc2oc3c(c(=O)c2c1)C(c1cccc(Cl)c1)N(CCO)C3=O. The van der Waals surface area contributed by atoms with Gasteiger partial charge in [-0.1, -0.05) is 35.4 Å². The molecule has 0 aliphatic carbocycles. The van der Waals surface area contributed by atoms with Gasteiger partial charge in [0.1, 0.15) is 5.58 Å². The van der Waals surface area contributed by atoms with Crippen LogP contribution >= 0.6 is 11.6 Å². The van der Waals surface area contributed by atoms with Gasteiger partial charge in [-0.05, 0) is 36.8 Å². The Morgan fingerprint density at radius 1 is 1.19 bits per heavy atom. The van der Waals surface area contributed by atoms with E-state index in [1.54, 1.807) is 30.3 Å². The third-order valence-corrected chi connectivity index (χ3v) is 4.86. The molecule has 1 aliphatic heterocycles. The molecule has 0 saturated carbocycles. The van der Waals surface area contributed by atoms with Crippen LogP contribution in [0.15, 0.2) is 51.7 Å². The van der Waals surface area contributed by atoms with Crippen LogP contribution in [0.4, 0.5) is 0 Å². The number of aliphatic hydroxyl groups is 1. The van der Waals surface area contributed by atoms with Crippen molar-refractivity contribution in [1.82, 2.24) is 4.90 Å². The summed E-state index contributed by atoms with van der Waals surface area (Å²) in [6.45, 7) is 1.77. The molecular weight excluding hydrogens is 354 g/mol. The third kappa shape index (κ3) is 2.52. The topological polar surface area (TPSA) is 70.8 Å². The number of benzene rings is 2. The molecule has 5 nitrogen and oxygen atoms in total. The number of amides is 1. The fourth-order valence-corrected chi connectivity index (χ4v) is 3.69. The maximum atomic E-state index is 13.2. The lowest BCUT2D eigenvalue weighted by molar-refractivity contribution is 0.0691. The zero-order valence-corrected chi connectivity index (χ0v) is 14.8. The molecule has 0 fully saturated rings. The molecule has 1 unspecified atom stereocenters. The first-order valence-electron chi connectivity index (χ1n) is 8.26. The van der Waals surface area contributed by atoms with Crippen molar-refractivity contribution in [2.45, 2.75) is 13.0 Å². The van der Waals surface area contributed by atoms with Crippen molar-refractivity contribution in [2.24, 2.45) is 0 Å². The minimum atomic E-state index is -0.635. The van der Waals surface area contributed by atoms with E-state index in [1.807, 2.05) is 19.1 Å². The first-order valence-corrected chi connectivity index (χ1v) is 8.63. The Morgan fingerprint density at radius 2 is 2.00 bits per heavy atom. The summed E-state index contributed by atoms with van der Waals surface area (Å²) < 4.78 is 5.81. The van der Waals surface area contributed by atoms with Crippen LogP contribution in [-0.2, 0) is 0 Å². The standard InChI is InChI=1S/C20H16ClNO4/c1-11-5-6-15-14(9-11)18(24)16-17(12-3-2-4-13(21)10-12)22(7-8-23)20(25)19(16)26-15/h2-6,9-10,17,23H,7-8H2,1H3. The van der Waals surface area contributed by atoms with E-state index >= 15 is 0 Å². The number of carbonyl (C=O) groups excluding carboxylic acids is 1. The van der Waals surface area contributed by atoms with Gasteiger partial charge in [0.05, 0.1) is 23.6 Å². The normalized spacial score (nSPS) is 16.3. The molecule has 26 heavy (non-hydrogen) atoms. The van der Waals surface area contributed by atoms with Crippen LogP contribution in [0.3, 0.4) is 0 Å². The van der Waals surface area contributed by atoms with Gasteiger partial charge in [0, 0.05) is 11.6 Å². The molecule has 2 aromatic carbocycles. The third-order valence-electron chi connectivity index (χ3n) is 4.63. The molecule has 0 saturated heterocycles. The van der Waals surface area contributed by atoms with Crippen molar-refractivity contribution in [3.63, 3.8) is 0 Å². The molecule has 6 heteroatoms. The number of hydrogen-bond donors (Lipinski definition) is 1. The summed E-state index contributed by atoms with van der Waals surface area (Å²) >= 11 is 6.11. The van der Waals surface area contributed by atoms with Crippen LogP contribution in [0.1, 0.15) is 33.3 Å². The molecule has 3 aromatic rings. The number of β-amino-alcohol motifs (C(OH)–C–C–N with tert-alkyl or cyclic N) is 1. The molecule has 2 heterocycles. The summed E-state index contributed by atoms with van der Waals surface area (Å²) in [5, 5.41) is 10.4. The number of fused-ring (bicyclic) bond motifs is 2. The van der Waals surface area contributed by atoms with E-state index in [1.165, 1.54) is 4.90 Å². The second-order valence-electron chi connectivity index (χ2n) is 6.35. The highest BCUT2D eigenvalue weighted by atomic mass is 35.5. The van der Waals surface area contributed by atoms with Crippen molar-refractivity contribution < 1.29 is 14.3 Å². The van der Waals surface area contributed by atoms with Gasteiger partial charge in [0.2, 0.25) is 5.76 Å². The van der Waals surface area contributed by atoms with Crippen LogP contribution in [0.2, 0.25) is 5.02 Å². The summed E-state index contributed by atoms with van der Waals surface area (Å²) in [6.07, 6.45) is 0. The molecule has 1 N–H and O–H groups in total. The van der Waals surface area contributed by atoms with Gasteiger partial charge in [-0.15, -0.1) is 0 Å². The zero-order valence-electron chi connectivity index (χ0n) is 14.0. The van der Waals surface area contributed by atoms with Crippen molar-refractivity contribution in [1.29, 1.82) is 0 Å². The van der Waals surface area contributed by atoms with Gasteiger partial charge in [-0.3, -0.25) is 9.59 Å². The smallest absolute Gasteiger partial charge is 0.290 e. The van der Waals surface area contributed by atoms with Gasteiger partial charge < -0.3 is 14.4 Å².